The molecule has 0 saturated heterocycles. The highest BCUT2D eigenvalue weighted by atomic mass is 16.5. The van der Waals surface area contributed by atoms with Crippen LogP contribution >= 0.6 is 0 Å². The van der Waals surface area contributed by atoms with Gasteiger partial charge in [0.25, 0.3) is 0 Å². The summed E-state index contributed by atoms with van der Waals surface area (Å²) < 4.78 is 9.97. The van der Waals surface area contributed by atoms with Crippen LogP contribution in [0.2, 0.25) is 0 Å². The van der Waals surface area contributed by atoms with Crippen molar-refractivity contribution >= 4 is 11.6 Å². The average Bonchev–Trinajstić information content (AvgIpc) is 2.95. The Labute approximate surface area is 116 Å². The van der Waals surface area contributed by atoms with Crippen LogP contribution in [-0.2, 0) is 9.53 Å². The van der Waals surface area contributed by atoms with Crippen LogP contribution in [-0.4, -0.2) is 35.9 Å². The average molecular weight is 276 g/mol. The van der Waals surface area contributed by atoms with Crippen molar-refractivity contribution < 1.29 is 13.9 Å². The van der Waals surface area contributed by atoms with Gasteiger partial charge in [0.05, 0.1) is 6.61 Å². The molecule has 1 aromatic carbocycles. The van der Waals surface area contributed by atoms with E-state index in [1.807, 2.05) is 13.0 Å². The number of anilines is 1. The van der Waals surface area contributed by atoms with Gasteiger partial charge in [-0.3, -0.25) is 4.79 Å². The van der Waals surface area contributed by atoms with Crippen molar-refractivity contribution in [2.45, 2.75) is 13.0 Å². The monoisotopic (exact) mass is 276 g/mol. The standard InChI is InChI=1S/C13H16N4O3/c1-8-5-9(13-17-15-7-20-13)3-4-11(8)16-12(18)10(14)6-19-2/h3-5,7,10H,6,14H2,1-2H3,(H,16,18). The number of nitrogens with one attached hydrogen (secondary N) is 1. The SMILES string of the molecule is COCC(N)C(=O)Nc1ccc(-c2nnco2)cc1C. The first-order chi connectivity index (χ1) is 9.61. The predicted molar refractivity (Wildman–Crippen MR) is 73.0 cm³/mol. The number of amides is 1. The molecule has 1 atom stereocenters. The van der Waals surface area contributed by atoms with Crippen LogP contribution in [0.1, 0.15) is 5.56 Å². The van der Waals surface area contributed by atoms with E-state index in [0.29, 0.717) is 11.6 Å². The molecule has 0 fully saturated rings. The molecule has 0 radical (unpaired) electrons. The van der Waals surface area contributed by atoms with Crippen molar-refractivity contribution in [2.75, 3.05) is 19.0 Å². The number of benzene rings is 1. The molecule has 0 bridgehead atoms. The Hall–Kier alpha value is -2.25. The van der Waals surface area contributed by atoms with Gasteiger partial charge >= 0.3 is 0 Å². The molecule has 3 N–H and O–H groups in total. The number of aromatic nitrogens is 2. The largest absolute Gasteiger partial charge is 0.423 e. The van der Waals surface area contributed by atoms with E-state index in [1.54, 1.807) is 12.1 Å². The van der Waals surface area contributed by atoms with Gasteiger partial charge in [0, 0.05) is 18.4 Å². The van der Waals surface area contributed by atoms with Crippen molar-refractivity contribution in [2.24, 2.45) is 5.73 Å². The lowest BCUT2D eigenvalue weighted by Crippen LogP contribution is -2.39. The third-order valence-electron chi connectivity index (χ3n) is 2.77. The summed E-state index contributed by atoms with van der Waals surface area (Å²) in [4.78, 5) is 11.8. The van der Waals surface area contributed by atoms with Gasteiger partial charge in [-0.25, -0.2) is 0 Å². The van der Waals surface area contributed by atoms with E-state index >= 15 is 0 Å². The molecule has 0 saturated carbocycles. The number of ether oxygens (including phenoxy) is 1. The molecular weight excluding hydrogens is 260 g/mol. The van der Waals surface area contributed by atoms with Gasteiger partial charge in [-0.15, -0.1) is 10.2 Å². The normalized spacial score (nSPS) is 12.2. The van der Waals surface area contributed by atoms with Crippen molar-refractivity contribution in [3.05, 3.63) is 30.2 Å². The minimum Gasteiger partial charge on any atom is -0.423 e. The second kappa shape index (κ2) is 6.27. The van der Waals surface area contributed by atoms with Crippen LogP contribution in [0, 0.1) is 6.92 Å². The summed E-state index contributed by atoms with van der Waals surface area (Å²) >= 11 is 0. The number of nitrogens with two attached hydrogens (primary N) is 1. The molecule has 106 valence electrons. The van der Waals surface area contributed by atoms with E-state index in [0.717, 1.165) is 11.1 Å². The molecule has 20 heavy (non-hydrogen) atoms. The van der Waals surface area contributed by atoms with E-state index in [9.17, 15) is 4.79 Å². The Bertz CT molecular complexity index is 583. The fraction of sp³-hybridized carbons (Fsp3) is 0.308. The van der Waals surface area contributed by atoms with Crippen molar-refractivity contribution in [1.82, 2.24) is 10.2 Å². The number of carbonyl (C=O) groups is 1. The van der Waals surface area contributed by atoms with Crippen LogP contribution < -0.4 is 11.1 Å². The van der Waals surface area contributed by atoms with Gasteiger partial charge in [0.2, 0.25) is 18.2 Å². The molecule has 0 aliphatic rings. The predicted octanol–water partition coefficient (Wildman–Crippen LogP) is 0.957. The summed E-state index contributed by atoms with van der Waals surface area (Å²) in [7, 11) is 1.50. The first-order valence-corrected chi connectivity index (χ1v) is 6.04. The maximum Gasteiger partial charge on any atom is 0.247 e. The maximum absolute atomic E-state index is 11.8. The molecule has 1 amide bonds. The molecule has 0 aliphatic heterocycles. The molecule has 0 aliphatic carbocycles. The number of carbonyl (C=O) groups excluding carboxylic acids is 1. The third-order valence-corrected chi connectivity index (χ3v) is 2.77. The van der Waals surface area contributed by atoms with Gasteiger partial charge < -0.3 is 20.2 Å². The minimum atomic E-state index is -0.699. The van der Waals surface area contributed by atoms with E-state index in [1.165, 1.54) is 13.5 Å². The fourth-order valence-corrected chi connectivity index (χ4v) is 1.72. The van der Waals surface area contributed by atoms with Gasteiger partial charge in [-0.2, -0.15) is 0 Å². The lowest BCUT2D eigenvalue weighted by atomic mass is 10.1. The Morgan fingerprint density at radius 2 is 2.35 bits per heavy atom. The summed E-state index contributed by atoms with van der Waals surface area (Å²) in [5, 5.41) is 10.2. The molecule has 1 heterocycles. The van der Waals surface area contributed by atoms with Crippen molar-refractivity contribution in [3.63, 3.8) is 0 Å². The first-order valence-electron chi connectivity index (χ1n) is 6.04. The smallest absolute Gasteiger partial charge is 0.247 e. The number of rotatable bonds is 5. The minimum absolute atomic E-state index is 0.172. The lowest BCUT2D eigenvalue weighted by Gasteiger charge is -2.13. The van der Waals surface area contributed by atoms with E-state index in [4.69, 9.17) is 14.9 Å². The molecule has 7 heteroatoms. The van der Waals surface area contributed by atoms with Gasteiger partial charge in [0.15, 0.2) is 0 Å². The topological polar surface area (TPSA) is 103 Å². The Morgan fingerprint density at radius 1 is 1.55 bits per heavy atom. The van der Waals surface area contributed by atoms with E-state index in [-0.39, 0.29) is 12.5 Å². The van der Waals surface area contributed by atoms with Gasteiger partial charge in [-0.1, -0.05) is 0 Å². The zero-order valence-corrected chi connectivity index (χ0v) is 11.3. The number of hydrogen-bond donors (Lipinski definition) is 2. The van der Waals surface area contributed by atoms with Crippen LogP contribution in [0.5, 0.6) is 0 Å². The van der Waals surface area contributed by atoms with Crippen LogP contribution in [0.3, 0.4) is 0 Å². The van der Waals surface area contributed by atoms with E-state index < -0.39 is 6.04 Å². The molecule has 1 unspecified atom stereocenters. The van der Waals surface area contributed by atoms with Crippen molar-refractivity contribution in [1.29, 1.82) is 0 Å². The number of methoxy groups -OCH3 is 1. The molecule has 1 aromatic heterocycles. The highest BCUT2D eigenvalue weighted by molar-refractivity contribution is 5.95. The highest BCUT2D eigenvalue weighted by Gasteiger charge is 2.14. The van der Waals surface area contributed by atoms with Crippen LogP contribution in [0.4, 0.5) is 5.69 Å². The Kier molecular flexibility index (Phi) is 4.44. The summed E-state index contributed by atoms with van der Waals surface area (Å²) in [5.41, 5.74) is 8.01. The number of nitrogens with zero attached hydrogens (tertiary/aromatic N) is 2. The summed E-state index contributed by atoms with van der Waals surface area (Å²) in [6, 6.07) is 4.71. The van der Waals surface area contributed by atoms with Crippen LogP contribution in [0.15, 0.2) is 29.0 Å². The van der Waals surface area contributed by atoms with Crippen molar-refractivity contribution in [3.8, 4) is 11.5 Å². The second-order valence-electron chi connectivity index (χ2n) is 4.32. The second-order valence-corrected chi connectivity index (χ2v) is 4.32. The summed E-state index contributed by atoms with van der Waals surface area (Å²) in [6.45, 7) is 2.04. The maximum atomic E-state index is 11.8. The molecule has 0 spiro atoms. The summed E-state index contributed by atoms with van der Waals surface area (Å²) in [5.74, 6) is 0.141. The molecule has 2 aromatic rings. The highest BCUT2D eigenvalue weighted by Crippen LogP contribution is 2.23. The number of aryl methyl sites for hydroxylation is 1. The Balaban J connectivity index is 2.12. The zero-order chi connectivity index (χ0) is 14.5. The third kappa shape index (κ3) is 3.19. The Morgan fingerprint density at radius 3 is 2.95 bits per heavy atom. The fourth-order valence-electron chi connectivity index (χ4n) is 1.72. The zero-order valence-electron chi connectivity index (χ0n) is 11.3. The van der Waals surface area contributed by atoms with Gasteiger partial charge in [0.1, 0.15) is 6.04 Å². The summed E-state index contributed by atoms with van der Waals surface area (Å²) in [6.07, 6.45) is 1.27. The first kappa shape index (κ1) is 14.2. The lowest BCUT2D eigenvalue weighted by molar-refractivity contribution is -0.118. The molecule has 2 rings (SSSR count). The van der Waals surface area contributed by atoms with E-state index in [2.05, 4.69) is 15.5 Å². The van der Waals surface area contributed by atoms with Gasteiger partial charge in [-0.05, 0) is 30.7 Å². The quantitative estimate of drug-likeness (QED) is 0.843. The molecule has 7 nitrogen and oxygen atoms in total. The van der Waals surface area contributed by atoms with Crippen LogP contribution in [0.25, 0.3) is 11.5 Å². The molecular formula is C13H16N4O3. The number of hydrogen-bond acceptors (Lipinski definition) is 6.